The molecule has 1 unspecified atom stereocenters. The highest BCUT2D eigenvalue weighted by molar-refractivity contribution is 5.79. The lowest BCUT2D eigenvalue weighted by Gasteiger charge is -2.23. The number of nitrogens with one attached hydrogen (secondary N) is 1. The number of hydrogen-bond donors (Lipinski definition) is 2. The van der Waals surface area contributed by atoms with Crippen LogP contribution < -0.4 is 15.8 Å². The van der Waals surface area contributed by atoms with Crippen LogP contribution in [0.3, 0.4) is 0 Å². The Morgan fingerprint density at radius 2 is 2.20 bits per heavy atom. The summed E-state index contributed by atoms with van der Waals surface area (Å²) in [6, 6.07) is 8.71. The van der Waals surface area contributed by atoms with Crippen molar-refractivity contribution in [3.05, 3.63) is 29.8 Å². The summed E-state index contributed by atoms with van der Waals surface area (Å²) in [5.74, 6) is 2.96. The summed E-state index contributed by atoms with van der Waals surface area (Å²) in [6.07, 6.45) is 2.09. The monoisotopic (exact) mass is 273 g/mol. The molecule has 3 N–H and O–H groups in total. The van der Waals surface area contributed by atoms with E-state index in [4.69, 9.17) is 10.5 Å². The van der Waals surface area contributed by atoms with Crippen molar-refractivity contribution in [1.29, 1.82) is 0 Å². The van der Waals surface area contributed by atoms with Gasteiger partial charge >= 0.3 is 0 Å². The lowest BCUT2D eigenvalue weighted by atomic mass is 10.0. The third-order valence-electron chi connectivity index (χ3n) is 4.25. The van der Waals surface area contributed by atoms with Crippen molar-refractivity contribution in [2.24, 2.45) is 22.6 Å². The van der Waals surface area contributed by atoms with Crippen LogP contribution in [0.4, 0.5) is 0 Å². The normalized spacial score (nSPS) is 28.8. The van der Waals surface area contributed by atoms with Gasteiger partial charge in [-0.1, -0.05) is 32.0 Å². The largest absolute Gasteiger partial charge is 0.493 e. The van der Waals surface area contributed by atoms with Crippen LogP contribution in [0.15, 0.2) is 29.3 Å². The first-order valence-electron chi connectivity index (χ1n) is 7.46. The van der Waals surface area contributed by atoms with Gasteiger partial charge < -0.3 is 15.8 Å². The fourth-order valence-electron chi connectivity index (χ4n) is 2.97. The predicted molar refractivity (Wildman–Crippen MR) is 80.8 cm³/mol. The zero-order chi connectivity index (χ0) is 14.1. The summed E-state index contributed by atoms with van der Waals surface area (Å²) >= 11 is 0. The number of nitrogens with two attached hydrogens (primary N) is 1. The van der Waals surface area contributed by atoms with Crippen molar-refractivity contribution >= 4 is 5.96 Å². The first-order valence-corrected chi connectivity index (χ1v) is 7.46. The molecular weight excluding hydrogens is 250 g/mol. The molecule has 20 heavy (non-hydrogen) atoms. The maximum absolute atomic E-state index is 6.06. The Kier molecular flexibility index (Phi) is 3.55. The summed E-state index contributed by atoms with van der Waals surface area (Å²) in [5.41, 5.74) is 7.20. The van der Waals surface area contributed by atoms with Gasteiger partial charge in [-0.2, -0.15) is 0 Å². The highest BCUT2D eigenvalue weighted by Crippen LogP contribution is 2.37. The molecule has 3 rings (SSSR count). The molecule has 1 saturated carbocycles. The fraction of sp³-hybridized carbons (Fsp3) is 0.562. The van der Waals surface area contributed by atoms with Gasteiger partial charge in [-0.05, 0) is 24.3 Å². The van der Waals surface area contributed by atoms with E-state index in [1.165, 1.54) is 6.42 Å². The molecular formula is C16H23N3O. The average molecular weight is 273 g/mol. The van der Waals surface area contributed by atoms with E-state index in [1.54, 1.807) is 0 Å². The van der Waals surface area contributed by atoms with Crippen LogP contribution in [0.2, 0.25) is 0 Å². The third-order valence-corrected chi connectivity index (χ3v) is 4.25. The zero-order valence-electron chi connectivity index (χ0n) is 12.2. The van der Waals surface area contributed by atoms with Gasteiger partial charge in [0.05, 0.1) is 12.6 Å². The molecule has 0 saturated heterocycles. The molecule has 1 aromatic carbocycles. The number of rotatable bonds is 3. The fourth-order valence-corrected chi connectivity index (χ4v) is 2.97. The van der Waals surface area contributed by atoms with E-state index in [9.17, 15) is 0 Å². The van der Waals surface area contributed by atoms with E-state index in [1.807, 2.05) is 18.2 Å². The third kappa shape index (κ3) is 2.74. The number of aliphatic imine (C=N–C) groups is 1. The molecule has 1 aromatic rings. The van der Waals surface area contributed by atoms with Gasteiger partial charge in [-0.3, -0.25) is 0 Å². The van der Waals surface area contributed by atoms with E-state index >= 15 is 0 Å². The molecule has 1 aliphatic heterocycles. The molecule has 1 fully saturated rings. The smallest absolute Gasteiger partial charge is 0.189 e. The van der Waals surface area contributed by atoms with Gasteiger partial charge in [0, 0.05) is 18.0 Å². The first kappa shape index (κ1) is 13.3. The first-order chi connectivity index (χ1) is 9.65. The molecule has 4 nitrogen and oxygen atoms in total. The molecule has 0 bridgehead atoms. The molecule has 3 atom stereocenters. The number of hydrogen-bond acceptors (Lipinski definition) is 2. The molecule has 4 heteroatoms. The minimum absolute atomic E-state index is 0.115. The topological polar surface area (TPSA) is 59.6 Å². The van der Waals surface area contributed by atoms with Gasteiger partial charge in [0.1, 0.15) is 5.75 Å². The van der Waals surface area contributed by atoms with Crippen molar-refractivity contribution in [3.63, 3.8) is 0 Å². The Morgan fingerprint density at radius 1 is 1.40 bits per heavy atom. The number of nitrogens with zero attached hydrogens (tertiary/aromatic N) is 1. The standard InChI is InChI=1S/C16H23N3O/c1-10(2)12-9-14(12)19-16(17)18-13-7-8-20-15-6-4-3-5-11(13)15/h3-6,10,12-14H,7-9H2,1-2H3,(H3,17,18,19)/t12-,13?,14+/m0/s1. The quantitative estimate of drug-likeness (QED) is 0.657. The number of para-hydroxylation sites is 1. The van der Waals surface area contributed by atoms with E-state index < -0.39 is 0 Å². The molecule has 108 valence electrons. The van der Waals surface area contributed by atoms with E-state index in [0.717, 1.165) is 23.7 Å². The Labute approximate surface area is 120 Å². The van der Waals surface area contributed by atoms with Crippen molar-refractivity contribution < 1.29 is 4.74 Å². The van der Waals surface area contributed by atoms with Crippen LogP contribution in [0, 0.1) is 11.8 Å². The van der Waals surface area contributed by atoms with Gasteiger partial charge in [0.25, 0.3) is 0 Å². The highest BCUT2D eigenvalue weighted by Gasteiger charge is 2.39. The Balaban J connectivity index is 1.67. The van der Waals surface area contributed by atoms with Crippen LogP contribution in [0.1, 0.15) is 38.3 Å². The Morgan fingerprint density at radius 3 is 2.95 bits per heavy atom. The minimum Gasteiger partial charge on any atom is -0.493 e. The lowest BCUT2D eigenvalue weighted by Crippen LogP contribution is -2.35. The van der Waals surface area contributed by atoms with Crippen LogP contribution in [-0.4, -0.2) is 18.6 Å². The Hall–Kier alpha value is -1.71. The SMILES string of the molecule is CC(C)[C@@H]1C[C@H]1NC(N)=NC1CCOc2ccccc21. The maximum Gasteiger partial charge on any atom is 0.189 e. The number of benzene rings is 1. The second-order valence-electron chi connectivity index (χ2n) is 6.10. The van der Waals surface area contributed by atoms with Crippen LogP contribution in [0.25, 0.3) is 0 Å². The van der Waals surface area contributed by atoms with Crippen LogP contribution >= 0.6 is 0 Å². The van der Waals surface area contributed by atoms with Crippen LogP contribution in [-0.2, 0) is 0 Å². The lowest BCUT2D eigenvalue weighted by molar-refractivity contribution is 0.269. The summed E-state index contributed by atoms with van der Waals surface area (Å²) < 4.78 is 5.65. The van der Waals surface area contributed by atoms with E-state index in [0.29, 0.717) is 24.5 Å². The molecule has 0 radical (unpaired) electrons. The maximum atomic E-state index is 6.06. The molecule has 2 aliphatic rings. The van der Waals surface area contributed by atoms with E-state index in [2.05, 4.69) is 30.2 Å². The summed E-state index contributed by atoms with van der Waals surface area (Å²) in [4.78, 5) is 4.65. The van der Waals surface area contributed by atoms with Gasteiger partial charge in [0.2, 0.25) is 0 Å². The van der Waals surface area contributed by atoms with Crippen LogP contribution in [0.5, 0.6) is 5.75 Å². The van der Waals surface area contributed by atoms with Gasteiger partial charge in [0.15, 0.2) is 5.96 Å². The van der Waals surface area contributed by atoms with Crippen molar-refractivity contribution in [2.45, 2.75) is 38.8 Å². The molecule has 0 amide bonds. The van der Waals surface area contributed by atoms with Gasteiger partial charge in [-0.25, -0.2) is 4.99 Å². The molecule has 1 heterocycles. The van der Waals surface area contributed by atoms with Gasteiger partial charge in [-0.15, -0.1) is 0 Å². The predicted octanol–water partition coefficient (Wildman–Crippen LogP) is 2.46. The number of ether oxygens (including phenoxy) is 1. The minimum atomic E-state index is 0.115. The van der Waals surface area contributed by atoms with E-state index in [-0.39, 0.29) is 6.04 Å². The van der Waals surface area contributed by atoms with Crippen molar-refractivity contribution in [2.75, 3.05) is 6.61 Å². The molecule has 0 aromatic heterocycles. The average Bonchev–Trinajstić information content (AvgIpc) is 3.18. The second kappa shape index (κ2) is 5.35. The summed E-state index contributed by atoms with van der Waals surface area (Å²) in [5, 5.41) is 3.35. The zero-order valence-corrected chi connectivity index (χ0v) is 12.2. The summed E-state index contributed by atoms with van der Waals surface area (Å²) in [6.45, 7) is 5.22. The second-order valence-corrected chi connectivity index (χ2v) is 6.10. The van der Waals surface area contributed by atoms with Crippen molar-refractivity contribution in [1.82, 2.24) is 5.32 Å². The Bertz CT molecular complexity index is 512. The number of guanidine groups is 1. The summed E-state index contributed by atoms with van der Waals surface area (Å²) in [7, 11) is 0. The number of fused-ring (bicyclic) bond motifs is 1. The molecule has 1 aliphatic carbocycles. The molecule has 0 spiro atoms. The van der Waals surface area contributed by atoms with Crippen molar-refractivity contribution in [3.8, 4) is 5.75 Å². The highest BCUT2D eigenvalue weighted by atomic mass is 16.5.